The molecule has 1 heterocycles. The van der Waals surface area contributed by atoms with Crippen molar-refractivity contribution in [3.05, 3.63) is 33.8 Å². The van der Waals surface area contributed by atoms with Crippen LogP contribution in [0.5, 0.6) is 0 Å². The molecular weight excluding hydrogens is 308 g/mol. The number of rotatable bonds is 3. The summed E-state index contributed by atoms with van der Waals surface area (Å²) in [6, 6.07) is 2.05. The molecule has 1 aromatic rings. The third-order valence-corrected chi connectivity index (χ3v) is 3.51. The third-order valence-electron chi connectivity index (χ3n) is 2.90. The molecule has 0 amide bonds. The van der Waals surface area contributed by atoms with Crippen LogP contribution in [0, 0.1) is 11.6 Å². The lowest BCUT2D eigenvalue weighted by atomic mass is 10.0. The van der Waals surface area contributed by atoms with Crippen molar-refractivity contribution < 1.29 is 18.3 Å². The number of benzene rings is 1. The van der Waals surface area contributed by atoms with Crippen LogP contribution in [0.4, 0.5) is 8.78 Å². The van der Waals surface area contributed by atoms with Gasteiger partial charge >= 0.3 is 0 Å². The molecule has 2 unspecified atom stereocenters. The maximum absolute atomic E-state index is 13.8. The van der Waals surface area contributed by atoms with Crippen molar-refractivity contribution in [1.82, 2.24) is 0 Å². The van der Waals surface area contributed by atoms with Crippen LogP contribution in [0.25, 0.3) is 0 Å². The van der Waals surface area contributed by atoms with Gasteiger partial charge < -0.3 is 15.2 Å². The Labute approximate surface area is 112 Å². The van der Waals surface area contributed by atoms with Crippen LogP contribution in [0.1, 0.15) is 5.56 Å². The number of ether oxygens (including phenoxy) is 2. The van der Waals surface area contributed by atoms with E-state index in [9.17, 15) is 8.78 Å². The minimum Gasteiger partial charge on any atom is -0.376 e. The van der Waals surface area contributed by atoms with Crippen LogP contribution in [0.2, 0.25) is 0 Å². The molecule has 1 fully saturated rings. The molecule has 0 aromatic heterocycles. The minimum absolute atomic E-state index is 0.0222. The number of hydrogen-bond donors (Lipinski definition) is 1. The molecule has 2 rings (SSSR count). The van der Waals surface area contributed by atoms with Gasteiger partial charge in [-0.3, -0.25) is 0 Å². The van der Waals surface area contributed by atoms with Crippen molar-refractivity contribution in [3.8, 4) is 0 Å². The topological polar surface area (TPSA) is 44.5 Å². The molecule has 0 aliphatic carbocycles. The summed E-state index contributed by atoms with van der Waals surface area (Å²) in [5.41, 5.74) is 5.89. The number of hydrogen-bond acceptors (Lipinski definition) is 3. The van der Waals surface area contributed by atoms with Gasteiger partial charge in [-0.25, -0.2) is 8.78 Å². The van der Waals surface area contributed by atoms with Gasteiger partial charge in [0.1, 0.15) is 11.6 Å². The van der Waals surface area contributed by atoms with E-state index in [0.29, 0.717) is 19.8 Å². The first-order valence-electron chi connectivity index (χ1n) is 5.67. The van der Waals surface area contributed by atoms with Crippen molar-refractivity contribution in [2.24, 2.45) is 5.73 Å². The van der Waals surface area contributed by atoms with Crippen molar-refractivity contribution in [2.45, 2.75) is 18.6 Å². The summed E-state index contributed by atoms with van der Waals surface area (Å²) < 4.78 is 38.2. The second kappa shape index (κ2) is 6.06. The van der Waals surface area contributed by atoms with Gasteiger partial charge in [0.2, 0.25) is 0 Å². The lowest BCUT2D eigenvalue weighted by Crippen LogP contribution is -2.45. The highest BCUT2D eigenvalue weighted by Gasteiger charge is 2.25. The molecule has 100 valence electrons. The van der Waals surface area contributed by atoms with E-state index in [0.717, 1.165) is 0 Å². The molecule has 1 aliphatic heterocycles. The van der Waals surface area contributed by atoms with Gasteiger partial charge in [-0.2, -0.15) is 0 Å². The minimum atomic E-state index is -0.609. The number of nitrogens with two attached hydrogens (primary N) is 1. The van der Waals surface area contributed by atoms with E-state index in [-0.39, 0.29) is 22.6 Å². The molecule has 2 N–H and O–H groups in total. The molecule has 0 bridgehead atoms. The molecule has 0 radical (unpaired) electrons. The van der Waals surface area contributed by atoms with E-state index in [2.05, 4.69) is 15.9 Å². The lowest BCUT2D eigenvalue weighted by molar-refractivity contribution is -0.0968. The maximum Gasteiger partial charge on any atom is 0.143 e. The van der Waals surface area contributed by atoms with Crippen molar-refractivity contribution in [1.29, 1.82) is 0 Å². The lowest BCUT2D eigenvalue weighted by Gasteiger charge is -2.28. The molecule has 6 heteroatoms. The van der Waals surface area contributed by atoms with Gasteiger partial charge in [-0.05, 0) is 34.5 Å². The average molecular weight is 322 g/mol. The van der Waals surface area contributed by atoms with E-state index in [1.165, 1.54) is 12.1 Å². The highest BCUT2D eigenvalue weighted by molar-refractivity contribution is 9.10. The SMILES string of the molecule is NC(Cc1c(F)ccc(Br)c1F)C1COCCO1. The Kier molecular flexibility index (Phi) is 4.66. The zero-order valence-electron chi connectivity index (χ0n) is 9.67. The van der Waals surface area contributed by atoms with Crippen LogP contribution < -0.4 is 5.73 Å². The largest absolute Gasteiger partial charge is 0.376 e. The fraction of sp³-hybridized carbons (Fsp3) is 0.500. The van der Waals surface area contributed by atoms with Gasteiger partial charge in [0.25, 0.3) is 0 Å². The first-order chi connectivity index (χ1) is 8.59. The second-order valence-electron chi connectivity index (χ2n) is 4.17. The Hall–Kier alpha value is -0.560. The Balaban J connectivity index is 2.10. The standard InChI is InChI=1S/C12H14BrF2NO2/c13-8-1-2-9(14)7(12(8)15)5-10(16)11-6-17-3-4-18-11/h1-2,10-11H,3-6,16H2. The van der Waals surface area contributed by atoms with Crippen LogP contribution in [0.15, 0.2) is 16.6 Å². The van der Waals surface area contributed by atoms with Gasteiger partial charge in [0.05, 0.1) is 30.4 Å². The van der Waals surface area contributed by atoms with Gasteiger partial charge in [-0.15, -0.1) is 0 Å². The highest BCUT2D eigenvalue weighted by atomic mass is 79.9. The molecule has 1 saturated heterocycles. The Bertz CT molecular complexity index is 425. The average Bonchev–Trinajstić information content (AvgIpc) is 2.40. The summed E-state index contributed by atoms with van der Waals surface area (Å²) >= 11 is 3.03. The summed E-state index contributed by atoms with van der Waals surface area (Å²) in [7, 11) is 0. The normalized spacial score (nSPS) is 21.9. The zero-order chi connectivity index (χ0) is 13.1. The maximum atomic E-state index is 13.8. The van der Waals surface area contributed by atoms with Crippen LogP contribution in [0.3, 0.4) is 0 Å². The van der Waals surface area contributed by atoms with E-state index in [4.69, 9.17) is 15.2 Å². The molecule has 18 heavy (non-hydrogen) atoms. The first kappa shape index (κ1) is 13.9. The van der Waals surface area contributed by atoms with E-state index in [1.807, 2.05) is 0 Å². The summed E-state index contributed by atoms with van der Waals surface area (Å²) in [4.78, 5) is 0. The summed E-state index contributed by atoms with van der Waals surface area (Å²) in [6.45, 7) is 1.35. The summed E-state index contributed by atoms with van der Waals surface area (Å²) in [5, 5.41) is 0. The van der Waals surface area contributed by atoms with Crippen LogP contribution >= 0.6 is 15.9 Å². The van der Waals surface area contributed by atoms with E-state index in [1.54, 1.807) is 0 Å². The van der Waals surface area contributed by atoms with E-state index >= 15 is 0 Å². The Morgan fingerprint density at radius 1 is 1.39 bits per heavy atom. The molecule has 3 nitrogen and oxygen atoms in total. The fourth-order valence-electron chi connectivity index (χ4n) is 1.88. The van der Waals surface area contributed by atoms with Crippen molar-refractivity contribution in [3.63, 3.8) is 0 Å². The predicted octanol–water partition coefficient (Wildman–Crippen LogP) is 2.01. The molecule has 0 saturated carbocycles. The highest BCUT2D eigenvalue weighted by Crippen LogP contribution is 2.23. The smallest absolute Gasteiger partial charge is 0.143 e. The Morgan fingerprint density at radius 3 is 2.83 bits per heavy atom. The molecule has 1 aliphatic rings. The third kappa shape index (κ3) is 3.06. The van der Waals surface area contributed by atoms with Gasteiger partial charge in [0.15, 0.2) is 0 Å². The molecule has 2 atom stereocenters. The molecule has 0 spiro atoms. The van der Waals surface area contributed by atoms with Crippen molar-refractivity contribution >= 4 is 15.9 Å². The number of halogens is 3. The first-order valence-corrected chi connectivity index (χ1v) is 6.46. The van der Waals surface area contributed by atoms with Gasteiger partial charge in [-0.1, -0.05) is 0 Å². The van der Waals surface area contributed by atoms with Gasteiger partial charge in [0, 0.05) is 11.6 Å². The molecule has 1 aromatic carbocycles. The molecular formula is C12H14BrF2NO2. The quantitative estimate of drug-likeness (QED) is 0.866. The second-order valence-corrected chi connectivity index (χ2v) is 5.03. The Morgan fingerprint density at radius 2 is 2.17 bits per heavy atom. The summed E-state index contributed by atoms with van der Waals surface area (Å²) in [6.07, 6.45) is -0.248. The fourth-order valence-corrected chi connectivity index (χ4v) is 2.25. The monoisotopic (exact) mass is 321 g/mol. The van der Waals surface area contributed by atoms with Crippen molar-refractivity contribution in [2.75, 3.05) is 19.8 Å². The summed E-state index contributed by atoms with van der Waals surface area (Å²) in [5.74, 6) is -1.20. The zero-order valence-corrected chi connectivity index (χ0v) is 11.3. The van der Waals surface area contributed by atoms with Crippen LogP contribution in [-0.4, -0.2) is 32.0 Å². The van der Waals surface area contributed by atoms with Crippen LogP contribution in [-0.2, 0) is 15.9 Å². The predicted molar refractivity (Wildman–Crippen MR) is 66.3 cm³/mol. The van der Waals surface area contributed by atoms with E-state index < -0.39 is 17.7 Å².